The molecule has 6 N–H and O–H groups in total. The molecule has 27 heteroatoms. The van der Waals surface area contributed by atoms with E-state index in [9.17, 15) is 30.6 Å². The average Bonchev–Trinajstić information content (AvgIpc) is 1.20. The molecule has 0 bridgehead atoms. The number of hydrogen-bond acceptors (Lipinski definition) is 21. The molecule has 526 valence electrons. The fraction of sp³-hybridized carbons (Fsp3) is 1.00. The summed E-state index contributed by atoms with van der Waals surface area (Å²) in [5.41, 5.74) is 0. The Morgan fingerprint density at radius 2 is 0.462 bits per heavy atom. The van der Waals surface area contributed by atoms with E-state index in [0.717, 1.165) is 6.42 Å². The molecule has 8 rings (SSSR count). The molecule has 8 saturated heterocycles. The minimum atomic E-state index is -1.07. The molecular formula is C66H118Ac6O21. The molecule has 0 saturated carbocycles. The van der Waals surface area contributed by atoms with E-state index < -0.39 is 124 Å². The van der Waals surface area contributed by atoms with Crippen molar-refractivity contribution in [3.63, 3.8) is 0 Å². The van der Waals surface area contributed by atoms with Crippen LogP contribution in [-0.4, -0.2) is 211 Å². The van der Waals surface area contributed by atoms with E-state index in [1.54, 1.807) is 0 Å². The molecule has 93 heavy (non-hydrogen) atoms. The fourth-order valence-corrected chi connectivity index (χ4v) is 15.4. The molecule has 0 aliphatic carbocycles. The number of aliphatic hydroxyl groups excluding tert-OH is 6. The van der Waals surface area contributed by atoms with Crippen LogP contribution in [0.4, 0.5) is 0 Å². The molecule has 0 aromatic heterocycles. The molecule has 40 atom stereocenters. The predicted octanol–water partition coefficient (Wildman–Crippen LogP) is 6.49. The van der Waals surface area contributed by atoms with Gasteiger partial charge < -0.3 is 102 Å². The fourth-order valence-electron chi connectivity index (χ4n) is 15.4. The Bertz CT molecular complexity index is 2100. The van der Waals surface area contributed by atoms with E-state index in [1.165, 1.54) is 0 Å². The summed E-state index contributed by atoms with van der Waals surface area (Å²) in [6.45, 7) is 39.9. The van der Waals surface area contributed by atoms with Gasteiger partial charge in [-0.25, -0.2) is 0 Å². The van der Waals surface area contributed by atoms with Gasteiger partial charge in [0.05, 0.1) is 106 Å². The van der Waals surface area contributed by atoms with Gasteiger partial charge in [0.2, 0.25) is 0 Å². The quantitative estimate of drug-likeness (QED) is 0.0761. The van der Waals surface area contributed by atoms with E-state index in [-0.39, 0.29) is 404 Å². The van der Waals surface area contributed by atoms with Crippen LogP contribution >= 0.6 is 0 Å². The zero-order valence-electron chi connectivity index (χ0n) is 59.6. The first-order valence-corrected chi connectivity index (χ1v) is 33.7. The molecule has 8 heterocycles. The largest absolute Gasteiger partial charge is 0.394 e. The Hall–Kier alpha value is 7.81. The van der Waals surface area contributed by atoms with Crippen LogP contribution < -0.4 is 0 Å². The van der Waals surface area contributed by atoms with Crippen molar-refractivity contribution in [3.05, 3.63) is 0 Å². The second kappa shape index (κ2) is 44.0. The summed E-state index contributed by atoms with van der Waals surface area (Å²) < 4.78 is 99.4. The molecule has 0 amide bonds. The first-order chi connectivity index (χ1) is 41.2. The van der Waals surface area contributed by atoms with Gasteiger partial charge in [-0.05, 0) is 80.5 Å². The maximum absolute atomic E-state index is 12.0. The van der Waals surface area contributed by atoms with Crippen molar-refractivity contribution in [1.29, 1.82) is 0 Å². The van der Waals surface area contributed by atoms with Crippen LogP contribution in [-0.2, 0) is 71.1 Å². The zero-order valence-corrected chi connectivity index (χ0v) is 88.1. The van der Waals surface area contributed by atoms with Gasteiger partial charge >= 0.3 is 0 Å². The van der Waals surface area contributed by atoms with Gasteiger partial charge in [-0.3, -0.25) is 0 Å². The van der Waals surface area contributed by atoms with Gasteiger partial charge in [0.1, 0.15) is 30.5 Å². The van der Waals surface area contributed by atoms with E-state index in [1.807, 2.05) is 55.4 Å². The smallest absolute Gasteiger partial charge is 0.163 e. The monoisotopic (exact) mass is 2610 g/mol. The SMILES string of the molecule is CCC1O[C@@H](C)C(C)[C@@H](C)[C@H]1O[C@H]1O[C@@H](C)[C@@H](O[C@H]2O[C@H](CO)[C@@H](O[C@@H]3OC(C)[C@H](O[C@@H]4OC(CO)[C@H](O[C@@H]5OC(CO)[C@H](O[C@@H]6OC(CO)[C@H](O[C@@H]7OC(CO)[C@H](C)[C@H](C)C7C)[C@H](C)C6C)[C@H](C)C5C)[C@H](C)C4C)[C@H](C)C3C)C(O)C2C)C(C)C1C.[Ac].[Ac].[Ac].[Ac].[Ac].[Ac]. The Labute approximate surface area is 772 Å². The van der Waals surface area contributed by atoms with Gasteiger partial charge in [-0.1, -0.05) is 118 Å². The molecule has 21 nitrogen and oxygen atoms in total. The Balaban J connectivity index is 0.00000491. The summed E-state index contributed by atoms with van der Waals surface area (Å²) in [5.74, 6) is -0.929. The van der Waals surface area contributed by atoms with Crippen LogP contribution in [0.15, 0.2) is 0 Å². The van der Waals surface area contributed by atoms with Crippen molar-refractivity contribution in [2.45, 2.75) is 293 Å². The first kappa shape index (κ1) is 96.9. The second-order valence-electron chi connectivity index (χ2n) is 28.8. The standard InChI is InChI=1S/C66H118O21.6Ac/c1-21-46-55(30(5)28(3)43(18)73-46)83-60-37(12)31(6)54(45(20)74-60)82-66-42(17)52(72)59(51(26-71)80-66)87-61-38(13)32(7)53(44(19)75-61)81-63-39(14)33(8)57(48(23-68)77-63)85-65-41(16)35(10)58(50(25-70)79-65)86-64-40(15)34(9)56(49(24-69)78-64)84-62-36(11)27(2)29(4)47(22-67)76-62;;;;;;/h27-72H,21-26H2,1-20H3;;;;;;/t27-,28?,29+,30+,31?,32+,33+,34+,35+,36?,37?,38?,39?,40?,41?,42?,43-,44?,45-,46?,47?,48?,49?,50?,51+,52?,53+,54-,55+,56+,57+,58+,59+,60+,61-,62-,63-,64-,65-,66+;;;;;;/m0....../s1. The van der Waals surface area contributed by atoms with Gasteiger partial charge in [0.25, 0.3) is 0 Å². The van der Waals surface area contributed by atoms with E-state index in [4.69, 9.17) is 71.1 Å². The van der Waals surface area contributed by atoms with Crippen molar-refractivity contribution >= 4 is 0 Å². The first-order valence-electron chi connectivity index (χ1n) is 33.7. The molecule has 6 radical (unpaired) electrons. The van der Waals surface area contributed by atoms with Gasteiger partial charge in [-0.15, -0.1) is 0 Å². The summed E-state index contributed by atoms with van der Waals surface area (Å²) in [5, 5.41) is 65.3. The maximum Gasteiger partial charge on any atom is 0.163 e. The number of hydrogen-bond donors (Lipinski definition) is 6. The van der Waals surface area contributed by atoms with Crippen LogP contribution in [0.3, 0.4) is 0 Å². The number of aliphatic hydroxyl groups is 6. The molecule has 8 aliphatic rings. The predicted molar refractivity (Wildman–Crippen MR) is 319 cm³/mol. The molecular weight excluding hydrogens is 2490 g/mol. The molecule has 16 unspecified atom stereocenters. The summed E-state index contributed by atoms with van der Waals surface area (Å²) >= 11 is 0. The van der Waals surface area contributed by atoms with Gasteiger partial charge in [0.15, 0.2) is 44.0 Å². The van der Waals surface area contributed by atoms with E-state index >= 15 is 0 Å². The third-order valence-corrected chi connectivity index (χ3v) is 23.7. The topological polar surface area (TPSA) is 260 Å². The van der Waals surface area contributed by atoms with E-state index in [2.05, 4.69) is 83.1 Å². The Morgan fingerprint density at radius 1 is 0.226 bits per heavy atom. The summed E-state index contributed by atoms with van der Waals surface area (Å²) in [6.07, 6.45) is -12.9. The van der Waals surface area contributed by atoms with Crippen molar-refractivity contribution in [2.24, 2.45) is 94.7 Å². The minimum Gasteiger partial charge on any atom is -0.394 e. The maximum atomic E-state index is 12.0. The average molecular weight is 2610 g/mol. The van der Waals surface area contributed by atoms with Crippen LogP contribution in [0.2, 0.25) is 0 Å². The Kier molecular flexibility index (Phi) is 45.8. The second-order valence-corrected chi connectivity index (χ2v) is 28.8. The number of rotatable bonds is 20. The molecule has 8 fully saturated rings. The number of ether oxygens (including phenoxy) is 15. The van der Waals surface area contributed by atoms with Crippen molar-refractivity contribution in [1.82, 2.24) is 0 Å². The molecule has 0 spiro atoms. The van der Waals surface area contributed by atoms with Crippen LogP contribution in [0.5, 0.6) is 0 Å². The molecule has 0 aromatic carbocycles. The third-order valence-electron chi connectivity index (χ3n) is 23.7. The van der Waals surface area contributed by atoms with Gasteiger partial charge in [0, 0.05) is 306 Å². The Morgan fingerprint density at radius 3 is 0.785 bits per heavy atom. The van der Waals surface area contributed by atoms with Crippen molar-refractivity contribution in [3.8, 4) is 0 Å². The molecule has 8 aliphatic heterocycles. The van der Waals surface area contributed by atoms with Crippen LogP contribution in [0, 0.1) is 359 Å². The summed E-state index contributed by atoms with van der Waals surface area (Å²) in [6, 6.07) is 0. The summed E-state index contributed by atoms with van der Waals surface area (Å²) in [4.78, 5) is 0. The van der Waals surface area contributed by atoms with Crippen LogP contribution in [0.25, 0.3) is 0 Å². The zero-order chi connectivity index (χ0) is 63.9. The van der Waals surface area contributed by atoms with Gasteiger partial charge in [-0.2, -0.15) is 0 Å². The van der Waals surface area contributed by atoms with Crippen molar-refractivity contribution < 1.29 is 366 Å². The normalized spacial score (nSPS) is 51.0. The van der Waals surface area contributed by atoms with E-state index in [0.29, 0.717) is 11.8 Å². The minimum absolute atomic E-state index is 0. The van der Waals surface area contributed by atoms with Crippen molar-refractivity contribution in [2.75, 3.05) is 33.0 Å². The third kappa shape index (κ3) is 22.1. The van der Waals surface area contributed by atoms with Crippen LogP contribution in [0.1, 0.15) is 145 Å². The molecule has 0 aromatic rings. The summed E-state index contributed by atoms with van der Waals surface area (Å²) in [7, 11) is 0.